The summed E-state index contributed by atoms with van der Waals surface area (Å²) in [4.78, 5) is 8.04. The molecule has 0 amide bonds. The quantitative estimate of drug-likeness (QED) is 0.800. The number of hydrogen-bond acceptors (Lipinski definition) is 3. The molecule has 3 nitrogen and oxygen atoms in total. The predicted molar refractivity (Wildman–Crippen MR) is 93.4 cm³/mol. The molecule has 0 radical (unpaired) electrons. The zero-order chi connectivity index (χ0) is 15.2. The van der Waals surface area contributed by atoms with Crippen LogP contribution >= 0.6 is 0 Å². The van der Waals surface area contributed by atoms with Crippen LogP contribution < -0.4 is 4.90 Å². The van der Waals surface area contributed by atoms with E-state index in [1.807, 2.05) is 0 Å². The summed E-state index contributed by atoms with van der Waals surface area (Å²) in [6.45, 7) is 4.77. The Bertz CT molecular complexity index is 699. The minimum atomic E-state index is 0.382. The van der Waals surface area contributed by atoms with Crippen LogP contribution in [0.15, 0.2) is 54.6 Å². The molecule has 3 aliphatic heterocycles. The van der Waals surface area contributed by atoms with Crippen molar-refractivity contribution < 1.29 is 0 Å². The van der Waals surface area contributed by atoms with E-state index in [9.17, 15) is 0 Å². The molecular weight excluding hydrogens is 282 g/mol. The molecule has 118 valence electrons. The Hall–Kier alpha value is -1.84. The second-order valence-corrected chi connectivity index (χ2v) is 6.89. The van der Waals surface area contributed by atoms with Crippen molar-refractivity contribution in [2.75, 3.05) is 31.1 Å². The van der Waals surface area contributed by atoms with E-state index < -0.39 is 0 Å². The monoisotopic (exact) mass is 305 g/mol. The van der Waals surface area contributed by atoms with Gasteiger partial charge in [0.25, 0.3) is 0 Å². The molecule has 2 saturated heterocycles. The molecule has 0 aromatic heterocycles. The average molecular weight is 305 g/mol. The van der Waals surface area contributed by atoms with E-state index in [4.69, 9.17) is 0 Å². The Morgan fingerprint density at radius 2 is 1.52 bits per heavy atom. The fourth-order valence-corrected chi connectivity index (χ4v) is 4.68. The third kappa shape index (κ3) is 2.03. The summed E-state index contributed by atoms with van der Waals surface area (Å²) in [5, 5.41) is 0. The molecule has 5 rings (SSSR count). The second kappa shape index (κ2) is 5.36. The average Bonchev–Trinajstić information content (AvgIpc) is 2.92. The molecule has 3 aliphatic rings. The maximum absolute atomic E-state index is 2.73. The van der Waals surface area contributed by atoms with E-state index >= 15 is 0 Å². The lowest BCUT2D eigenvalue weighted by molar-refractivity contribution is 0.0624. The number of rotatable bonds is 1. The topological polar surface area (TPSA) is 9.72 Å². The van der Waals surface area contributed by atoms with Gasteiger partial charge in [-0.3, -0.25) is 9.80 Å². The van der Waals surface area contributed by atoms with Crippen LogP contribution in [0.3, 0.4) is 0 Å². The van der Waals surface area contributed by atoms with Gasteiger partial charge in [-0.15, -0.1) is 0 Å². The van der Waals surface area contributed by atoms with Gasteiger partial charge in [0.05, 0.1) is 6.04 Å². The first kappa shape index (κ1) is 13.6. The lowest BCUT2D eigenvalue weighted by atomic mass is 9.93. The standard InChI is InChI=1S/C20H23N3/c1-2-8-16(9-3-1)19-17-10-4-5-11-18(17)22-15-14-21-12-6-7-13-23(19)20(21)22/h1-5,8-11,19-20H,6-7,12-15H2. The Labute approximate surface area is 138 Å². The van der Waals surface area contributed by atoms with E-state index in [2.05, 4.69) is 69.3 Å². The van der Waals surface area contributed by atoms with Crippen LogP contribution in [0.4, 0.5) is 5.69 Å². The lowest BCUT2D eigenvalue weighted by Gasteiger charge is -2.48. The molecule has 0 saturated carbocycles. The van der Waals surface area contributed by atoms with E-state index in [0.29, 0.717) is 12.3 Å². The van der Waals surface area contributed by atoms with Gasteiger partial charge in [0.1, 0.15) is 6.29 Å². The van der Waals surface area contributed by atoms with Gasteiger partial charge in [0.2, 0.25) is 0 Å². The molecule has 2 unspecified atom stereocenters. The summed E-state index contributed by atoms with van der Waals surface area (Å²) >= 11 is 0. The van der Waals surface area contributed by atoms with Crippen molar-refractivity contribution in [3.8, 4) is 0 Å². The van der Waals surface area contributed by atoms with Gasteiger partial charge in [-0.2, -0.15) is 0 Å². The van der Waals surface area contributed by atoms with Gasteiger partial charge in [-0.05, 0) is 30.0 Å². The third-order valence-electron chi connectivity index (χ3n) is 5.63. The smallest absolute Gasteiger partial charge is 0.140 e. The predicted octanol–water partition coefficient (Wildman–Crippen LogP) is 3.29. The zero-order valence-electron chi connectivity index (χ0n) is 13.4. The van der Waals surface area contributed by atoms with Crippen LogP contribution in [0.5, 0.6) is 0 Å². The van der Waals surface area contributed by atoms with Crippen LogP contribution in [0, 0.1) is 0 Å². The molecule has 2 fully saturated rings. The molecule has 3 heterocycles. The van der Waals surface area contributed by atoms with E-state index in [1.165, 1.54) is 49.3 Å². The summed E-state index contributed by atoms with van der Waals surface area (Å²) < 4.78 is 0. The van der Waals surface area contributed by atoms with Crippen LogP contribution in [-0.2, 0) is 0 Å². The van der Waals surface area contributed by atoms with Gasteiger partial charge < -0.3 is 4.90 Å². The highest BCUT2D eigenvalue weighted by Gasteiger charge is 2.45. The Morgan fingerprint density at radius 3 is 2.43 bits per heavy atom. The minimum absolute atomic E-state index is 0.382. The number of fused-ring (bicyclic) bond motifs is 2. The summed E-state index contributed by atoms with van der Waals surface area (Å²) in [6.07, 6.45) is 3.06. The van der Waals surface area contributed by atoms with Crippen LogP contribution in [0.2, 0.25) is 0 Å². The molecule has 0 N–H and O–H groups in total. The van der Waals surface area contributed by atoms with Crippen molar-refractivity contribution in [1.29, 1.82) is 0 Å². The van der Waals surface area contributed by atoms with Crippen molar-refractivity contribution in [1.82, 2.24) is 9.80 Å². The fourth-order valence-electron chi connectivity index (χ4n) is 4.68. The number of anilines is 1. The molecule has 2 aromatic carbocycles. The molecule has 3 heteroatoms. The van der Waals surface area contributed by atoms with Crippen LogP contribution in [0.25, 0.3) is 0 Å². The number of hydrogen-bond donors (Lipinski definition) is 0. The third-order valence-corrected chi connectivity index (χ3v) is 5.63. The van der Waals surface area contributed by atoms with Crippen LogP contribution in [-0.4, -0.2) is 42.3 Å². The summed E-state index contributed by atoms with van der Waals surface area (Å²) in [7, 11) is 0. The Balaban J connectivity index is 1.70. The highest BCUT2D eigenvalue weighted by Crippen LogP contribution is 2.45. The van der Waals surface area contributed by atoms with E-state index in [1.54, 1.807) is 0 Å². The molecule has 0 spiro atoms. The van der Waals surface area contributed by atoms with Gasteiger partial charge in [0.15, 0.2) is 0 Å². The largest absolute Gasteiger partial charge is 0.342 e. The number of benzene rings is 2. The number of para-hydroxylation sites is 1. The van der Waals surface area contributed by atoms with E-state index in [0.717, 1.165) is 6.54 Å². The highest BCUT2D eigenvalue weighted by atomic mass is 15.6. The first-order valence-electron chi connectivity index (χ1n) is 8.84. The Morgan fingerprint density at radius 1 is 0.739 bits per heavy atom. The van der Waals surface area contributed by atoms with Gasteiger partial charge in [-0.25, -0.2) is 0 Å². The molecule has 2 atom stereocenters. The number of nitrogens with zero attached hydrogens (tertiary/aromatic N) is 3. The fraction of sp³-hybridized carbons (Fsp3) is 0.400. The van der Waals surface area contributed by atoms with Crippen molar-refractivity contribution in [3.05, 3.63) is 65.7 Å². The first-order chi connectivity index (χ1) is 11.4. The molecule has 2 aromatic rings. The van der Waals surface area contributed by atoms with Gasteiger partial charge in [0, 0.05) is 31.9 Å². The van der Waals surface area contributed by atoms with Crippen molar-refractivity contribution in [2.24, 2.45) is 0 Å². The normalized spacial score (nSPS) is 27.4. The molecular formula is C20H23N3. The Kier molecular flexibility index (Phi) is 3.17. The van der Waals surface area contributed by atoms with Gasteiger partial charge >= 0.3 is 0 Å². The highest BCUT2D eigenvalue weighted by molar-refractivity contribution is 5.60. The molecule has 23 heavy (non-hydrogen) atoms. The molecule has 0 bridgehead atoms. The van der Waals surface area contributed by atoms with Crippen molar-refractivity contribution in [3.63, 3.8) is 0 Å². The summed E-state index contributed by atoms with van der Waals surface area (Å²) in [6, 6.07) is 20.5. The van der Waals surface area contributed by atoms with Gasteiger partial charge in [-0.1, -0.05) is 48.5 Å². The maximum atomic E-state index is 2.73. The van der Waals surface area contributed by atoms with E-state index in [-0.39, 0.29) is 0 Å². The molecule has 0 aliphatic carbocycles. The summed E-state index contributed by atoms with van der Waals surface area (Å²) in [5.74, 6) is 0. The SMILES string of the molecule is c1ccc(C2c3ccccc3N3CCN4CCCCN2C43)cc1. The van der Waals surface area contributed by atoms with Crippen molar-refractivity contribution in [2.45, 2.75) is 25.2 Å². The second-order valence-electron chi connectivity index (χ2n) is 6.89. The lowest BCUT2D eigenvalue weighted by Crippen LogP contribution is -2.56. The zero-order valence-corrected chi connectivity index (χ0v) is 13.4. The first-order valence-corrected chi connectivity index (χ1v) is 8.84. The van der Waals surface area contributed by atoms with Crippen molar-refractivity contribution >= 4 is 5.69 Å². The summed E-state index contributed by atoms with van der Waals surface area (Å²) in [5.41, 5.74) is 4.33. The van der Waals surface area contributed by atoms with Crippen LogP contribution in [0.1, 0.15) is 30.0 Å². The maximum Gasteiger partial charge on any atom is 0.140 e. The minimum Gasteiger partial charge on any atom is -0.342 e.